The second kappa shape index (κ2) is 8.83. The van der Waals surface area contributed by atoms with Crippen molar-refractivity contribution in [2.45, 2.75) is 26.3 Å². The second-order valence-corrected chi connectivity index (χ2v) is 5.83. The van der Waals surface area contributed by atoms with E-state index in [0.29, 0.717) is 24.3 Å². The monoisotopic (exact) mass is 364 g/mol. The first kappa shape index (κ1) is 19.2. The minimum absolute atomic E-state index is 0. The summed E-state index contributed by atoms with van der Waals surface area (Å²) in [5, 5.41) is 5.79. The molecule has 0 aliphatic carbocycles. The normalized spacial score (nSPS) is 12.7. The quantitative estimate of drug-likeness (QED) is 0.854. The molecule has 3 rings (SSSR count). The number of anilines is 1. The van der Waals surface area contributed by atoms with Gasteiger partial charge in [0.2, 0.25) is 0 Å². The molecular weight excluding hydrogens is 343 g/mol. The minimum Gasteiger partial charge on any atom is -0.484 e. The predicted molar refractivity (Wildman–Crippen MR) is 99.0 cm³/mol. The van der Waals surface area contributed by atoms with Gasteiger partial charge in [0.1, 0.15) is 11.6 Å². The summed E-state index contributed by atoms with van der Waals surface area (Å²) >= 11 is 0. The number of fused-ring (bicyclic) bond motifs is 1. The van der Waals surface area contributed by atoms with Crippen molar-refractivity contribution in [3.05, 3.63) is 58.9 Å². The van der Waals surface area contributed by atoms with Crippen LogP contribution < -0.4 is 15.4 Å². The second-order valence-electron chi connectivity index (χ2n) is 5.83. The predicted octanol–water partition coefficient (Wildman–Crippen LogP) is 3.47. The molecule has 2 aromatic carbocycles. The zero-order valence-electron chi connectivity index (χ0n) is 14.1. The number of carbonyl (C=O) groups excluding carboxylic acids is 1. The molecular formula is C19H22ClFN2O2. The minimum atomic E-state index is -0.373. The number of benzene rings is 2. The standard InChI is InChI=1S/C19H21FN2O2.ClH/c1-2-13-3-6-15(7-4-13)24-12-18(23)22-17-8-5-14-11-21-10-9-16(14)19(17)20;/h3-8,21H,2,9-12H2,1H3,(H,22,23);1H. The molecule has 0 saturated carbocycles. The van der Waals surface area contributed by atoms with E-state index in [1.54, 1.807) is 6.07 Å². The Labute approximate surface area is 153 Å². The van der Waals surface area contributed by atoms with E-state index in [9.17, 15) is 9.18 Å². The van der Waals surface area contributed by atoms with Crippen LogP contribution in [0.15, 0.2) is 36.4 Å². The number of nitrogens with one attached hydrogen (secondary N) is 2. The van der Waals surface area contributed by atoms with Gasteiger partial charge in [-0.15, -0.1) is 12.4 Å². The maximum Gasteiger partial charge on any atom is 0.262 e. The van der Waals surface area contributed by atoms with Crippen LogP contribution in [-0.4, -0.2) is 19.1 Å². The fourth-order valence-corrected chi connectivity index (χ4v) is 2.79. The van der Waals surface area contributed by atoms with Gasteiger partial charge in [-0.25, -0.2) is 4.39 Å². The van der Waals surface area contributed by atoms with Gasteiger partial charge in [-0.1, -0.05) is 25.1 Å². The lowest BCUT2D eigenvalue weighted by Gasteiger charge is -2.19. The van der Waals surface area contributed by atoms with Crippen molar-refractivity contribution in [3.8, 4) is 5.75 Å². The number of hydrogen-bond donors (Lipinski definition) is 2. The van der Waals surface area contributed by atoms with Gasteiger partial charge in [0.05, 0.1) is 5.69 Å². The average Bonchev–Trinajstić information content (AvgIpc) is 2.63. The van der Waals surface area contributed by atoms with E-state index in [-0.39, 0.29) is 36.4 Å². The number of ether oxygens (including phenoxy) is 1. The van der Waals surface area contributed by atoms with E-state index < -0.39 is 0 Å². The van der Waals surface area contributed by atoms with Crippen molar-refractivity contribution in [1.82, 2.24) is 5.32 Å². The van der Waals surface area contributed by atoms with Crippen LogP contribution in [0.3, 0.4) is 0 Å². The van der Waals surface area contributed by atoms with Crippen molar-refractivity contribution in [2.75, 3.05) is 18.5 Å². The van der Waals surface area contributed by atoms with Gasteiger partial charge in [0.25, 0.3) is 5.91 Å². The molecule has 4 nitrogen and oxygen atoms in total. The summed E-state index contributed by atoms with van der Waals surface area (Å²) < 4.78 is 19.9. The van der Waals surface area contributed by atoms with Gasteiger partial charge in [0.15, 0.2) is 6.61 Å². The number of halogens is 2. The van der Waals surface area contributed by atoms with Crippen LogP contribution in [-0.2, 0) is 24.2 Å². The Morgan fingerprint density at radius 1 is 1.24 bits per heavy atom. The van der Waals surface area contributed by atoms with Crippen molar-refractivity contribution in [3.63, 3.8) is 0 Å². The molecule has 0 atom stereocenters. The highest BCUT2D eigenvalue weighted by molar-refractivity contribution is 5.92. The maximum absolute atomic E-state index is 14.5. The molecule has 2 N–H and O–H groups in total. The highest BCUT2D eigenvalue weighted by Gasteiger charge is 2.17. The van der Waals surface area contributed by atoms with Crippen LogP contribution in [0, 0.1) is 5.82 Å². The van der Waals surface area contributed by atoms with Gasteiger partial charge in [0, 0.05) is 6.54 Å². The largest absolute Gasteiger partial charge is 0.484 e. The molecule has 2 aromatic rings. The van der Waals surface area contributed by atoms with Crippen molar-refractivity contribution < 1.29 is 13.9 Å². The Bertz CT molecular complexity index is 735. The fourth-order valence-electron chi connectivity index (χ4n) is 2.79. The highest BCUT2D eigenvalue weighted by atomic mass is 35.5. The average molecular weight is 365 g/mol. The van der Waals surface area contributed by atoms with E-state index >= 15 is 0 Å². The van der Waals surface area contributed by atoms with Crippen molar-refractivity contribution in [1.29, 1.82) is 0 Å². The van der Waals surface area contributed by atoms with Crippen LogP contribution in [0.1, 0.15) is 23.6 Å². The molecule has 134 valence electrons. The van der Waals surface area contributed by atoms with Gasteiger partial charge < -0.3 is 15.4 Å². The molecule has 0 fully saturated rings. The molecule has 0 saturated heterocycles. The number of aryl methyl sites for hydroxylation is 1. The zero-order valence-corrected chi connectivity index (χ0v) is 14.9. The first-order valence-corrected chi connectivity index (χ1v) is 8.20. The summed E-state index contributed by atoms with van der Waals surface area (Å²) in [6.07, 6.45) is 1.58. The Hall–Kier alpha value is -2.11. The van der Waals surface area contributed by atoms with E-state index in [0.717, 1.165) is 18.5 Å². The number of carbonyl (C=O) groups is 1. The molecule has 0 spiro atoms. The molecule has 25 heavy (non-hydrogen) atoms. The van der Waals surface area contributed by atoms with Gasteiger partial charge in [-0.2, -0.15) is 0 Å². The first-order valence-electron chi connectivity index (χ1n) is 8.20. The van der Waals surface area contributed by atoms with Crippen LogP contribution in [0.5, 0.6) is 5.75 Å². The van der Waals surface area contributed by atoms with Crippen LogP contribution in [0.2, 0.25) is 0 Å². The SMILES string of the molecule is CCc1ccc(OCC(=O)Nc2ccc3c(c2F)CCNC3)cc1.Cl. The summed E-state index contributed by atoms with van der Waals surface area (Å²) in [7, 11) is 0. The Morgan fingerprint density at radius 3 is 2.72 bits per heavy atom. The number of amides is 1. The van der Waals surface area contributed by atoms with Crippen molar-refractivity contribution >= 4 is 24.0 Å². The lowest BCUT2D eigenvalue weighted by Crippen LogP contribution is -2.26. The molecule has 6 heteroatoms. The third-order valence-electron chi connectivity index (χ3n) is 4.18. The topological polar surface area (TPSA) is 50.4 Å². The molecule has 0 unspecified atom stereocenters. The fraction of sp³-hybridized carbons (Fsp3) is 0.316. The number of hydrogen-bond acceptors (Lipinski definition) is 3. The van der Waals surface area contributed by atoms with Crippen LogP contribution in [0.25, 0.3) is 0 Å². The maximum atomic E-state index is 14.5. The number of rotatable bonds is 5. The lowest BCUT2D eigenvalue weighted by atomic mass is 9.99. The molecule has 1 aliphatic heterocycles. The Morgan fingerprint density at radius 2 is 2.00 bits per heavy atom. The van der Waals surface area contributed by atoms with Gasteiger partial charge >= 0.3 is 0 Å². The Kier molecular flexibility index (Phi) is 6.79. The van der Waals surface area contributed by atoms with E-state index in [2.05, 4.69) is 17.6 Å². The molecule has 0 aromatic heterocycles. The molecule has 1 heterocycles. The van der Waals surface area contributed by atoms with Crippen LogP contribution in [0.4, 0.5) is 10.1 Å². The highest BCUT2D eigenvalue weighted by Crippen LogP contribution is 2.24. The molecule has 0 bridgehead atoms. The third-order valence-corrected chi connectivity index (χ3v) is 4.18. The lowest BCUT2D eigenvalue weighted by molar-refractivity contribution is -0.118. The first-order chi connectivity index (χ1) is 11.7. The summed E-state index contributed by atoms with van der Waals surface area (Å²) in [6, 6.07) is 11.0. The molecule has 1 amide bonds. The third kappa shape index (κ3) is 4.71. The summed E-state index contributed by atoms with van der Waals surface area (Å²) in [4.78, 5) is 12.0. The summed E-state index contributed by atoms with van der Waals surface area (Å²) in [5.41, 5.74) is 3.05. The summed E-state index contributed by atoms with van der Waals surface area (Å²) in [6.45, 7) is 3.34. The van der Waals surface area contributed by atoms with E-state index in [1.165, 1.54) is 5.56 Å². The van der Waals surface area contributed by atoms with Gasteiger partial charge in [-0.05, 0) is 54.3 Å². The van der Waals surface area contributed by atoms with Gasteiger partial charge in [-0.3, -0.25) is 4.79 Å². The molecule has 1 aliphatic rings. The van der Waals surface area contributed by atoms with E-state index in [1.807, 2.05) is 30.3 Å². The van der Waals surface area contributed by atoms with Crippen LogP contribution >= 0.6 is 12.4 Å². The summed E-state index contributed by atoms with van der Waals surface area (Å²) in [5.74, 6) is -0.0867. The van der Waals surface area contributed by atoms with Crippen molar-refractivity contribution in [2.24, 2.45) is 0 Å². The zero-order chi connectivity index (χ0) is 16.9. The van der Waals surface area contributed by atoms with E-state index in [4.69, 9.17) is 4.74 Å². The Balaban J connectivity index is 0.00000225. The molecule has 0 radical (unpaired) electrons. The smallest absolute Gasteiger partial charge is 0.262 e.